The van der Waals surface area contributed by atoms with Crippen LogP contribution in [0.2, 0.25) is 0 Å². The van der Waals surface area contributed by atoms with Crippen LogP contribution in [0.5, 0.6) is 0 Å². The van der Waals surface area contributed by atoms with Crippen LogP contribution in [0, 0.1) is 5.82 Å². The van der Waals surface area contributed by atoms with E-state index in [1.54, 1.807) is 6.07 Å². The molecule has 1 atom stereocenters. The Balaban J connectivity index is 1.98. The highest BCUT2D eigenvalue weighted by Gasteiger charge is 2.13. The van der Waals surface area contributed by atoms with Crippen molar-refractivity contribution in [3.05, 3.63) is 82.1 Å². The zero-order valence-corrected chi connectivity index (χ0v) is 13.5. The van der Waals surface area contributed by atoms with Crippen molar-refractivity contribution < 1.29 is 4.39 Å². The summed E-state index contributed by atoms with van der Waals surface area (Å²) in [6, 6.07) is 18.8. The Kier molecular flexibility index (Phi) is 4.27. The maximum atomic E-state index is 13.3. The van der Waals surface area contributed by atoms with Gasteiger partial charge in [0, 0.05) is 4.47 Å². The molecule has 0 spiro atoms. The van der Waals surface area contributed by atoms with Gasteiger partial charge in [0.15, 0.2) is 0 Å². The second-order valence-electron chi connectivity index (χ2n) is 4.98. The van der Waals surface area contributed by atoms with E-state index in [4.69, 9.17) is 11.6 Å². The fourth-order valence-electron chi connectivity index (χ4n) is 2.54. The second-order valence-corrected chi connectivity index (χ2v) is 6.36. The maximum Gasteiger partial charge on any atom is 0.123 e. The maximum absolute atomic E-state index is 13.3. The molecule has 0 nitrogen and oxygen atoms in total. The average Bonchev–Trinajstić information content (AvgIpc) is 2.48. The minimum absolute atomic E-state index is 0.190. The zero-order valence-electron chi connectivity index (χ0n) is 11.2. The Morgan fingerprint density at radius 1 is 0.952 bits per heavy atom. The van der Waals surface area contributed by atoms with Crippen molar-refractivity contribution in [2.45, 2.75) is 11.8 Å². The average molecular weight is 364 g/mol. The summed E-state index contributed by atoms with van der Waals surface area (Å²) in [5, 5.41) is 2.08. The molecule has 0 aliphatic heterocycles. The summed E-state index contributed by atoms with van der Waals surface area (Å²) in [6.07, 6.45) is 0.602. The Morgan fingerprint density at radius 3 is 2.48 bits per heavy atom. The monoisotopic (exact) mass is 362 g/mol. The molecule has 0 heterocycles. The van der Waals surface area contributed by atoms with Gasteiger partial charge in [0.25, 0.3) is 0 Å². The number of hydrogen-bond acceptors (Lipinski definition) is 0. The van der Waals surface area contributed by atoms with Gasteiger partial charge in [-0.1, -0.05) is 58.4 Å². The first-order chi connectivity index (χ1) is 10.1. The number of benzene rings is 3. The van der Waals surface area contributed by atoms with Gasteiger partial charge in [-0.15, -0.1) is 11.6 Å². The highest BCUT2D eigenvalue weighted by molar-refractivity contribution is 9.10. The third-order valence-electron chi connectivity index (χ3n) is 3.55. The number of hydrogen-bond donors (Lipinski definition) is 0. The molecule has 0 bridgehead atoms. The van der Waals surface area contributed by atoms with Gasteiger partial charge in [-0.05, 0) is 46.5 Å². The standard InChI is InChI=1S/C18H13BrClF/c19-17-9-8-16(14-6-1-2-7-15(14)17)18(20)11-12-4-3-5-13(21)10-12/h1-10,18H,11H2. The van der Waals surface area contributed by atoms with E-state index >= 15 is 0 Å². The predicted octanol–water partition coefficient (Wildman–Crippen LogP) is 6.26. The Hall–Kier alpha value is -1.38. The largest absolute Gasteiger partial charge is 0.207 e. The van der Waals surface area contributed by atoms with E-state index in [0.29, 0.717) is 6.42 Å². The molecule has 1 unspecified atom stereocenters. The molecular weight excluding hydrogens is 351 g/mol. The van der Waals surface area contributed by atoms with E-state index in [1.165, 1.54) is 12.1 Å². The molecule has 3 heteroatoms. The molecule has 106 valence electrons. The minimum atomic E-state index is -0.225. The van der Waals surface area contributed by atoms with Crippen molar-refractivity contribution in [2.24, 2.45) is 0 Å². The SMILES string of the molecule is Fc1cccc(CC(Cl)c2ccc(Br)c3ccccc23)c1. The molecule has 0 saturated carbocycles. The normalized spacial score (nSPS) is 12.5. The molecule has 0 fully saturated rings. The van der Waals surface area contributed by atoms with Gasteiger partial charge in [-0.3, -0.25) is 0 Å². The van der Waals surface area contributed by atoms with Crippen LogP contribution in [0.15, 0.2) is 65.1 Å². The summed E-state index contributed by atoms with van der Waals surface area (Å²) in [6.45, 7) is 0. The summed E-state index contributed by atoms with van der Waals surface area (Å²) in [7, 11) is 0. The van der Waals surface area contributed by atoms with Crippen LogP contribution in [0.25, 0.3) is 10.8 Å². The van der Waals surface area contributed by atoms with Crippen LogP contribution < -0.4 is 0 Å². The molecule has 3 rings (SSSR count). The number of alkyl halides is 1. The van der Waals surface area contributed by atoms with Gasteiger partial charge in [0.1, 0.15) is 5.82 Å². The van der Waals surface area contributed by atoms with Gasteiger partial charge >= 0.3 is 0 Å². The van der Waals surface area contributed by atoms with Gasteiger partial charge < -0.3 is 0 Å². The summed E-state index contributed by atoms with van der Waals surface area (Å²) in [5.74, 6) is -0.225. The predicted molar refractivity (Wildman–Crippen MR) is 90.3 cm³/mol. The zero-order chi connectivity index (χ0) is 14.8. The van der Waals surface area contributed by atoms with Crippen LogP contribution in [-0.2, 0) is 6.42 Å². The molecule has 0 N–H and O–H groups in total. The lowest BCUT2D eigenvalue weighted by molar-refractivity contribution is 0.625. The molecule has 3 aromatic rings. The van der Waals surface area contributed by atoms with Crippen LogP contribution >= 0.6 is 27.5 Å². The fourth-order valence-corrected chi connectivity index (χ4v) is 3.39. The minimum Gasteiger partial charge on any atom is -0.207 e. The first kappa shape index (κ1) is 14.6. The van der Waals surface area contributed by atoms with E-state index < -0.39 is 0 Å². The lowest BCUT2D eigenvalue weighted by Crippen LogP contribution is -1.98. The van der Waals surface area contributed by atoms with Crippen molar-refractivity contribution in [3.63, 3.8) is 0 Å². The van der Waals surface area contributed by atoms with Crippen molar-refractivity contribution in [1.29, 1.82) is 0 Å². The van der Waals surface area contributed by atoms with Crippen molar-refractivity contribution in [1.82, 2.24) is 0 Å². The molecule has 0 radical (unpaired) electrons. The third-order valence-corrected chi connectivity index (χ3v) is 4.63. The van der Waals surface area contributed by atoms with Crippen molar-refractivity contribution in [2.75, 3.05) is 0 Å². The van der Waals surface area contributed by atoms with Gasteiger partial charge in [-0.2, -0.15) is 0 Å². The molecule has 21 heavy (non-hydrogen) atoms. The van der Waals surface area contributed by atoms with Crippen LogP contribution in [0.1, 0.15) is 16.5 Å². The lowest BCUT2D eigenvalue weighted by Gasteiger charge is -2.14. The van der Waals surface area contributed by atoms with Crippen molar-refractivity contribution in [3.8, 4) is 0 Å². The Bertz CT molecular complexity index is 785. The van der Waals surface area contributed by atoms with Crippen LogP contribution in [0.3, 0.4) is 0 Å². The van der Waals surface area contributed by atoms with Crippen molar-refractivity contribution >= 4 is 38.3 Å². The topological polar surface area (TPSA) is 0 Å². The quantitative estimate of drug-likeness (QED) is 0.481. The van der Waals surface area contributed by atoms with E-state index in [9.17, 15) is 4.39 Å². The van der Waals surface area contributed by atoms with E-state index in [-0.39, 0.29) is 11.2 Å². The Morgan fingerprint density at radius 2 is 1.71 bits per heavy atom. The number of fused-ring (bicyclic) bond motifs is 1. The summed E-state index contributed by atoms with van der Waals surface area (Å²) < 4.78 is 14.3. The third kappa shape index (κ3) is 3.12. The van der Waals surface area contributed by atoms with E-state index in [1.807, 2.05) is 30.3 Å². The van der Waals surface area contributed by atoms with Crippen LogP contribution in [0.4, 0.5) is 4.39 Å². The molecule has 0 aromatic heterocycles. The lowest BCUT2D eigenvalue weighted by atomic mass is 9.98. The first-order valence-electron chi connectivity index (χ1n) is 6.71. The molecule has 0 amide bonds. The highest BCUT2D eigenvalue weighted by Crippen LogP contribution is 2.34. The second kappa shape index (κ2) is 6.17. The van der Waals surface area contributed by atoms with E-state index in [0.717, 1.165) is 26.4 Å². The molecular formula is C18H13BrClF. The van der Waals surface area contributed by atoms with Gasteiger partial charge in [0.2, 0.25) is 0 Å². The molecule has 0 aliphatic carbocycles. The van der Waals surface area contributed by atoms with Crippen LogP contribution in [-0.4, -0.2) is 0 Å². The molecule has 0 saturated heterocycles. The molecule has 3 aromatic carbocycles. The number of rotatable bonds is 3. The van der Waals surface area contributed by atoms with E-state index in [2.05, 4.69) is 28.1 Å². The highest BCUT2D eigenvalue weighted by atomic mass is 79.9. The number of halogens is 3. The summed E-state index contributed by atoms with van der Waals surface area (Å²) >= 11 is 10.2. The van der Waals surface area contributed by atoms with Gasteiger partial charge in [0.05, 0.1) is 5.38 Å². The first-order valence-corrected chi connectivity index (χ1v) is 7.94. The van der Waals surface area contributed by atoms with Gasteiger partial charge in [-0.25, -0.2) is 4.39 Å². The Labute approximate surface area is 136 Å². The molecule has 0 aliphatic rings. The summed E-state index contributed by atoms with van der Waals surface area (Å²) in [5.41, 5.74) is 1.97. The summed E-state index contributed by atoms with van der Waals surface area (Å²) in [4.78, 5) is 0. The fraction of sp³-hybridized carbons (Fsp3) is 0.111. The smallest absolute Gasteiger partial charge is 0.123 e.